The zero-order valence-corrected chi connectivity index (χ0v) is 17.1. The first kappa shape index (κ1) is 20.3. The Kier molecular flexibility index (Phi) is 6.79. The van der Waals surface area contributed by atoms with Crippen LogP contribution >= 0.6 is 0 Å². The molecule has 2 N–H and O–H groups in total. The second-order valence-corrected chi connectivity index (χ2v) is 6.99. The number of benzene rings is 2. The number of rotatable bonds is 6. The summed E-state index contributed by atoms with van der Waals surface area (Å²) in [6, 6.07) is 17.9. The first-order valence-electron chi connectivity index (χ1n) is 9.66. The largest absolute Gasteiger partial charge is 0.356 e. The van der Waals surface area contributed by atoms with Crippen molar-refractivity contribution in [3.05, 3.63) is 77.5 Å². The van der Waals surface area contributed by atoms with E-state index in [0.717, 1.165) is 35.4 Å². The average Bonchev–Trinajstić information content (AvgIpc) is 2.75. The van der Waals surface area contributed by atoms with Gasteiger partial charge in [0.15, 0.2) is 5.96 Å². The molecule has 2 aromatic carbocycles. The zero-order valence-electron chi connectivity index (χ0n) is 17.1. The van der Waals surface area contributed by atoms with Crippen LogP contribution in [0.5, 0.6) is 0 Å². The van der Waals surface area contributed by atoms with Gasteiger partial charge in [0.2, 0.25) is 0 Å². The summed E-state index contributed by atoms with van der Waals surface area (Å²) >= 11 is 0. The van der Waals surface area contributed by atoms with Gasteiger partial charge < -0.3 is 15.5 Å². The van der Waals surface area contributed by atoms with Crippen LogP contribution in [0.3, 0.4) is 0 Å². The third-order valence-electron chi connectivity index (χ3n) is 4.70. The van der Waals surface area contributed by atoms with Crippen LogP contribution in [0.25, 0.3) is 10.9 Å². The Morgan fingerprint density at radius 2 is 1.90 bits per heavy atom. The second kappa shape index (κ2) is 9.68. The van der Waals surface area contributed by atoms with Crippen LogP contribution in [0, 0.1) is 0 Å². The van der Waals surface area contributed by atoms with Crippen molar-refractivity contribution in [2.75, 3.05) is 27.7 Å². The minimum Gasteiger partial charge on any atom is -0.356 e. The molecule has 0 radical (unpaired) electrons. The van der Waals surface area contributed by atoms with Crippen LogP contribution in [0.4, 0.5) is 0 Å². The van der Waals surface area contributed by atoms with E-state index in [1.807, 2.05) is 54.7 Å². The SMILES string of the molecule is CN=C(NCCc1cccc(C(=O)N(C)C)c1)NCc1ccnc2ccccc12. The molecule has 0 spiro atoms. The lowest BCUT2D eigenvalue weighted by atomic mass is 10.1. The number of hydrogen-bond donors (Lipinski definition) is 2. The molecule has 1 aromatic heterocycles. The second-order valence-electron chi connectivity index (χ2n) is 6.99. The van der Waals surface area contributed by atoms with Crippen molar-refractivity contribution in [3.8, 4) is 0 Å². The number of hydrogen-bond acceptors (Lipinski definition) is 3. The summed E-state index contributed by atoms with van der Waals surface area (Å²) in [5.41, 5.74) is 3.98. The van der Waals surface area contributed by atoms with Gasteiger partial charge in [0.1, 0.15) is 0 Å². The highest BCUT2D eigenvalue weighted by Gasteiger charge is 2.08. The highest BCUT2D eigenvalue weighted by molar-refractivity contribution is 5.94. The number of para-hydroxylation sites is 1. The number of fused-ring (bicyclic) bond motifs is 1. The van der Waals surface area contributed by atoms with E-state index in [9.17, 15) is 4.79 Å². The Balaban J connectivity index is 1.55. The molecule has 1 heterocycles. The van der Waals surface area contributed by atoms with Crippen molar-refractivity contribution < 1.29 is 4.79 Å². The predicted octanol–water partition coefficient (Wildman–Crippen LogP) is 2.84. The highest BCUT2D eigenvalue weighted by Crippen LogP contribution is 2.15. The summed E-state index contributed by atoms with van der Waals surface area (Å²) in [7, 11) is 5.28. The number of carbonyl (C=O) groups excluding carboxylic acids is 1. The number of carbonyl (C=O) groups is 1. The van der Waals surface area contributed by atoms with Gasteiger partial charge in [-0.3, -0.25) is 14.8 Å². The van der Waals surface area contributed by atoms with Gasteiger partial charge in [-0.2, -0.15) is 0 Å². The number of nitrogens with one attached hydrogen (secondary N) is 2. The lowest BCUT2D eigenvalue weighted by molar-refractivity contribution is 0.0827. The van der Waals surface area contributed by atoms with Crippen molar-refractivity contribution in [2.45, 2.75) is 13.0 Å². The molecule has 6 nitrogen and oxygen atoms in total. The normalized spacial score (nSPS) is 11.3. The van der Waals surface area contributed by atoms with Gasteiger partial charge in [-0.1, -0.05) is 30.3 Å². The van der Waals surface area contributed by atoms with Crippen LogP contribution in [0.2, 0.25) is 0 Å². The monoisotopic (exact) mass is 389 g/mol. The van der Waals surface area contributed by atoms with Crippen LogP contribution in [-0.4, -0.2) is 49.4 Å². The summed E-state index contributed by atoms with van der Waals surface area (Å²) in [5, 5.41) is 7.83. The van der Waals surface area contributed by atoms with E-state index in [-0.39, 0.29) is 5.91 Å². The topological polar surface area (TPSA) is 69.6 Å². The molecule has 1 amide bonds. The molecule has 0 saturated carbocycles. The molecular formula is C23H27N5O. The molecule has 29 heavy (non-hydrogen) atoms. The summed E-state index contributed by atoms with van der Waals surface area (Å²) in [6.45, 7) is 1.38. The molecule has 0 fully saturated rings. The third kappa shape index (κ3) is 5.31. The Labute approximate surface area is 171 Å². The van der Waals surface area contributed by atoms with E-state index < -0.39 is 0 Å². The minimum absolute atomic E-state index is 0.0156. The molecular weight excluding hydrogens is 362 g/mol. The Bertz CT molecular complexity index is 1010. The smallest absolute Gasteiger partial charge is 0.253 e. The van der Waals surface area contributed by atoms with E-state index in [1.165, 1.54) is 5.56 Å². The van der Waals surface area contributed by atoms with Gasteiger partial charge in [0.25, 0.3) is 5.91 Å². The Morgan fingerprint density at radius 1 is 1.07 bits per heavy atom. The molecule has 3 aromatic rings. The lowest BCUT2D eigenvalue weighted by Gasteiger charge is -2.14. The molecule has 6 heteroatoms. The van der Waals surface area contributed by atoms with E-state index in [2.05, 4.69) is 26.7 Å². The molecule has 0 unspecified atom stereocenters. The van der Waals surface area contributed by atoms with Crippen molar-refractivity contribution in [1.82, 2.24) is 20.5 Å². The minimum atomic E-state index is 0.0156. The van der Waals surface area contributed by atoms with Crippen LogP contribution < -0.4 is 10.6 Å². The van der Waals surface area contributed by atoms with Crippen LogP contribution in [0.1, 0.15) is 21.5 Å². The maximum Gasteiger partial charge on any atom is 0.253 e. The standard InChI is InChI=1S/C23H27N5O/c1-24-23(27-16-19-12-14-25-21-10-5-4-9-20(19)21)26-13-11-17-7-6-8-18(15-17)22(29)28(2)3/h4-10,12,14-15H,11,13,16H2,1-3H3,(H2,24,26,27). The number of aliphatic imine (C=N–C) groups is 1. The fourth-order valence-corrected chi connectivity index (χ4v) is 3.15. The van der Waals surface area contributed by atoms with Gasteiger partial charge >= 0.3 is 0 Å². The molecule has 0 aliphatic carbocycles. The number of pyridine rings is 1. The van der Waals surface area contributed by atoms with Crippen molar-refractivity contribution in [2.24, 2.45) is 4.99 Å². The zero-order chi connectivity index (χ0) is 20.6. The van der Waals surface area contributed by atoms with Crippen LogP contribution in [-0.2, 0) is 13.0 Å². The van der Waals surface area contributed by atoms with Gasteiger partial charge in [-0.15, -0.1) is 0 Å². The summed E-state index contributed by atoms with van der Waals surface area (Å²) < 4.78 is 0. The van der Waals surface area contributed by atoms with Gasteiger partial charge in [-0.25, -0.2) is 0 Å². The van der Waals surface area contributed by atoms with Crippen molar-refractivity contribution in [3.63, 3.8) is 0 Å². The van der Waals surface area contributed by atoms with E-state index in [0.29, 0.717) is 12.1 Å². The average molecular weight is 390 g/mol. The number of aromatic nitrogens is 1. The molecule has 0 aliphatic heterocycles. The summed E-state index contributed by atoms with van der Waals surface area (Å²) in [5.74, 6) is 0.758. The molecule has 0 atom stereocenters. The van der Waals surface area contributed by atoms with E-state index in [1.54, 1.807) is 26.0 Å². The van der Waals surface area contributed by atoms with Crippen molar-refractivity contribution >= 4 is 22.8 Å². The molecule has 0 bridgehead atoms. The predicted molar refractivity (Wildman–Crippen MR) is 118 cm³/mol. The van der Waals surface area contributed by atoms with Gasteiger partial charge in [0.05, 0.1) is 5.52 Å². The fourth-order valence-electron chi connectivity index (χ4n) is 3.15. The summed E-state index contributed by atoms with van der Waals surface area (Å²) in [4.78, 5) is 22.4. The van der Waals surface area contributed by atoms with Gasteiger partial charge in [-0.05, 0) is 41.8 Å². The molecule has 0 saturated heterocycles. The van der Waals surface area contributed by atoms with Crippen molar-refractivity contribution in [1.29, 1.82) is 0 Å². The van der Waals surface area contributed by atoms with Gasteiger partial charge in [0, 0.05) is 51.4 Å². The number of nitrogens with zero attached hydrogens (tertiary/aromatic N) is 3. The Morgan fingerprint density at radius 3 is 2.69 bits per heavy atom. The highest BCUT2D eigenvalue weighted by atomic mass is 16.2. The number of guanidine groups is 1. The summed E-state index contributed by atoms with van der Waals surface area (Å²) in [6.07, 6.45) is 2.63. The first-order chi connectivity index (χ1) is 14.1. The van der Waals surface area contributed by atoms with E-state index >= 15 is 0 Å². The van der Waals surface area contributed by atoms with E-state index in [4.69, 9.17) is 0 Å². The maximum absolute atomic E-state index is 12.1. The number of amides is 1. The van der Waals surface area contributed by atoms with Crippen LogP contribution in [0.15, 0.2) is 65.8 Å². The quantitative estimate of drug-likeness (QED) is 0.502. The molecule has 150 valence electrons. The fraction of sp³-hybridized carbons (Fsp3) is 0.261. The maximum atomic E-state index is 12.1. The molecule has 0 aliphatic rings. The molecule has 3 rings (SSSR count). The Hall–Kier alpha value is -3.41. The first-order valence-corrected chi connectivity index (χ1v) is 9.66. The lowest BCUT2D eigenvalue weighted by Crippen LogP contribution is -2.37. The third-order valence-corrected chi connectivity index (χ3v) is 4.70.